The summed E-state index contributed by atoms with van der Waals surface area (Å²) < 4.78 is 15.9. The molecule has 3 rings (SSSR count). The number of hydrogen-bond acceptors (Lipinski definition) is 4. The SMILES string of the molecule is Cc1nccn1-c1ccc(CNC(=O)C2CC(O)CN2)cc1F. The number of rotatable bonds is 4. The maximum Gasteiger partial charge on any atom is 0.237 e. The van der Waals surface area contributed by atoms with Crippen molar-refractivity contribution < 1.29 is 14.3 Å². The van der Waals surface area contributed by atoms with E-state index in [-0.39, 0.29) is 24.3 Å². The van der Waals surface area contributed by atoms with Crippen LogP contribution in [0, 0.1) is 12.7 Å². The molecular weight excluding hydrogens is 299 g/mol. The highest BCUT2D eigenvalue weighted by molar-refractivity contribution is 5.82. The van der Waals surface area contributed by atoms with Crippen LogP contribution in [0.3, 0.4) is 0 Å². The van der Waals surface area contributed by atoms with Crippen molar-refractivity contribution in [1.29, 1.82) is 0 Å². The predicted molar refractivity (Wildman–Crippen MR) is 82.5 cm³/mol. The van der Waals surface area contributed by atoms with E-state index in [0.29, 0.717) is 30.0 Å². The lowest BCUT2D eigenvalue weighted by molar-refractivity contribution is -0.123. The van der Waals surface area contributed by atoms with Gasteiger partial charge in [-0.15, -0.1) is 0 Å². The molecule has 2 aromatic rings. The van der Waals surface area contributed by atoms with E-state index in [1.807, 2.05) is 0 Å². The van der Waals surface area contributed by atoms with Crippen LogP contribution >= 0.6 is 0 Å². The molecular formula is C16H19FN4O2. The number of aliphatic hydroxyl groups is 1. The van der Waals surface area contributed by atoms with Crippen molar-refractivity contribution in [3.8, 4) is 5.69 Å². The second-order valence-electron chi connectivity index (χ2n) is 5.70. The average Bonchev–Trinajstić information content (AvgIpc) is 3.14. The molecule has 23 heavy (non-hydrogen) atoms. The topological polar surface area (TPSA) is 79.2 Å². The van der Waals surface area contributed by atoms with Crippen molar-refractivity contribution >= 4 is 5.91 Å². The number of carbonyl (C=O) groups excluding carboxylic acids is 1. The fraction of sp³-hybridized carbons (Fsp3) is 0.375. The normalized spacial score (nSPS) is 20.7. The number of nitrogens with zero attached hydrogens (tertiary/aromatic N) is 2. The molecule has 122 valence electrons. The lowest BCUT2D eigenvalue weighted by Crippen LogP contribution is -2.40. The van der Waals surface area contributed by atoms with Crippen molar-refractivity contribution in [2.45, 2.75) is 32.0 Å². The Morgan fingerprint density at radius 3 is 3.00 bits per heavy atom. The van der Waals surface area contributed by atoms with E-state index < -0.39 is 6.10 Å². The monoisotopic (exact) mass is 318 g/mol. The van der Waals surface area contributed by atoms with Gasteiger partial charge < -0.3 is 20.3 Å². The Morgan fingerprint density at radius 2 is 2.39 bits per heavy atom. The van der Waals surface area contributed by atoms with E-state index in [4.69, 9.17) is 0 Å². The van der Waals surface area contributed by atoms with Crippen LogP contribution in [0.25, 0.3) is 5.69 Å². The summed E-state index contributed by atoms with van der Waals surface area (Å²) in [6, 6.07) is 4.46. The second-order valence-corrected chi connectivity index (χ2v) is 5.70. The summed E-state index contributed by atoms with van der Waals surface area (Å²) in [6.45, 7) is 2.47. The van der Waals surface area contributed by atoms with E-state index in [1.54, 1.807) is 36.0 Å². The number of halogens is 1. The van der Waals surface area contributed by atoms with Crippen molar-refractivity contribution in [3.05, 3.63) is 47.8 Å². The van der Waals surface area contributed by atoms with Gasteiger partial charge in [-0.05, 0) is 31.0 Å². The van der Waals surface area contributed by atoms with Crippen LogP contribution in [-0.2, 0) is 11.3 Å². The maximum atomic E-state index is 14.3. The molecule has 0 aliphatic carbocycles. The molecule has 1 aromatic heterocycles. The first kappa shape index (κ1) is 15.6. The summed E-state index contributed by atoms with van der Waals surface area (Å²) in [4.78, 5) is 16.0. The van der Waals surface area contributed by atoms with Gasteiger partial charge >= 0.3 is 0 Å². The molecule has 1 amide bonds. The van der Waals surface area contributed by atoms with E-state index in [1.165, 1.54) is 6.07 Å². The van der Waals surface area contributed by atoms with Crippen LogP contribution in [0.2, 0.25) is 0 Å². The quantitative estimate of drug-likeness (QED) is 0.774. The Hall–Kier alpha value is -2.25. The molecule has 0 spiro atoms. The van der Waals surface area contributed by atoms with Crippen molar-refractivity contribution in [1.82, 2.24) is 20.2 Å². The fourth-order valence-corrected chi connectivity index (χ4v) is 2.72. The van der Waals surface area contributed by atoms with E-state index >= 15 is 0 Å². The number of hydrogen-bond donors (Lipinski definition) is 3. The Labute approximate surface area is 133 Å². The minimum Gasteiger partial charge on any atom is -0.392 e. The Morgan fingerprint density at radius 1 is 1.57 bits per heavy atom. The minimum absolute atomic E-state index is 0.184. The molecule has 2 heterocycles. The summed E-state index contributed by atoms with van der Waals surface area (Å²) in [5.74, 6) is 0.152. The number of benzene rings is 1. The highest BCUT2D eigenvalue weighted by atomic mass is 19.1. The molecule has 1 aliphatic heterocycles. The molecule has 2 atom stereocenters. The third-order valence-corrected chi connectivity index (χ3v) is 3.99. The Balaban J connectivity index is 1.64. The minimum atomic E-state index is -0.485. The van der Waals surface area contributed by atoms with Gasteiger partial charge in [0.05, 0.1) is 17.8 Å². The average molecular weight is 318 g/mol. The van der Waals surface area contributed by atoms with Gasteiger partial charge in [0.25, 0.3) is 0 Å². The molecule has 0 bridgehead atoms. The molecule has 1 saturated heterocycles. The van der Waals surface area contributed by atoms with Gasteiger partial charge in [-0.3, -0.25) is 4.79 Å². The lowest BCUT2D eigenvalue weighted by Gasteiger charge is -2.12. The largest absolute Gasteiger partial charge is 0.392 e. The molecule has 1 aliphatic rings. The number of β-amino-alcohol motifs (C(OH)–C–C–N with tert-alkyl or cyclic N) is 1. The smallest absolute Gasteiger partial charge is 0.237 e. The van der Waals surface area contributed by atoms with Gasteiger partial charge in [-0.1, -0.05) is 6.07 Å². The van der Waals surface area contributed by atoms with Crippen LogP contribution in [-0.4, -0.2) is 39.3 Å². The zero-order valence-corrected chi connectivity index (χ0v) is 12.8. The van der Waals surface area contributed by atoms with Crippen molar-refractivity contribution in [3.63, 3.8) is 0 Å². The molecule has 0 saturated carbocycles. The number of nitrogens with one attached hydrogen (secondary N) is 2. The number of imidazole rings is 1. The first-order chi connectivity index (χ1) is 11.0. The van der Waals surface area contributed by atoms with Crippen LogP contribution < -0.4 is 10.6 Å². The van der Waals surface area contributed by atoms with Gasteiger partial charge in [0.15, 0.2) is 0 Å². The molecule has 2 unspecified atom stereocenters. The summed E-state index contributed by atoms with van der Waals surface area (Å²) in [5.41, 5.74) is 1.10. The first-order valence-corrected chi connectivity index (χ1v) is 7.52. The molecule has 0 radical (unpaired) electrons. The molecule has 3 N–H and O–H groups in total. The maximum absolute atomic E-state index is 14.3. The van der Waals surface area contributed by atoms with Gasteiger partial charge in [0.1, 0.15) is 11.6 Å². The van der Waals surface area contributed by atoms with Crippen molar-refractivity contribution in [2.75, 3.05) is 6.54 Å². The zero-order chi connectivity index (χ0) is 16.4. The number of aliphatic hydroxyl groups excluding tert-OH is 1. The molecule has 6 nitrogen and oxygen atoms in total. The van der Waals surface area contributed by atoms with E-state index in [0.717, 1.165) is 0 Å². The summed E-state index contributed by atoms with van der Waals surface area (Å²) in [6.07, 6.45) is 3.23. The number of aromatic nitrogens is 2. The van der Waals surface area contributed by atoms with Crippen LogP contribution in [0.5, 0.6) is 0 Å². The van der Waals surface area contributed by atoms with Crippen LogP contribution in [0.1, 0.15) is 17.8 Å². The number of amides is 1. The Kier molecular flexibility index (Phi) is 4.40. The number of carbonyl (C=O) groups is 1. The highest BCUT2D eigenvalue weighted by Crippen LogP contribution is 2.17. The summed E-state index contributed by atoms with van der Waals surface area (Å²) >= 11 is 0. The fourth-order valence-electron chi connectivity index (χ4n) is 2.72. The van der Waals surface area contributed by atoms with E-state index in [2.05, 4.69) is 15.6 Å². The second kappa shape index (κ2) is 6.47. The highest BCUT2D eigenvalue weighted by Gasteiger charge is 2.27. The third-order valence-electron chi connectivity index (χ3n) is 3.99. The van der Waals surface area contributed by atoms with Gasteiger partial charge in [0, 0.05) is 25.5 Å². The standard InChI is InChI=1S/C16H19FN4O2/c1-10-18-4-5-21(10)15-3-2-11(6-13(15)17)8-20-16(23)14-7-12(22)9-19-14/h2-6,12,14,19,22H,7-9H2,1H3,(H,20,23). The lowest BCUT2D eigenvalue weighted by atomic mass is 10.1. The predicted octanol–water partition coefficient (Wildman–Crippen LogP) is 0.659. The molecule has 1 aromatic carbocycles. The van der Waals surface area contributed by atoms with Gasteiger partial charge in [-0.25, -0.2) is 9.37 Å². The van der Waals surface area contributed by atoms with Gasteiger partial charge in [-0.2, -0.15) is 0 Å². The first-order valence-electron chi connectivity index (χ1n) is 7.52. The molecule has 1 fully saturated rings. The van der Waals surface area contributed by atoms with E-state index in [9.17, 15) is 14.3 Å². The van der Waals surface area contributed by atoms with Crippen LogP contribution in [0.15, 0.2) is 30.6 Å². The summed E-state index contributed by atoms with van der Waals surface area (Å²) in [7, 11) is 0. The van der Waals surface area contributed by atoms with Crippen LogP contribution in [0.4, 0.5) is 4.39 Å². The summed E-state index contributed by atoms with van der Waals surface area (Å²) in [5, 5.41) is 15.1. The zero-order valence-electron chi connectivity index (χ0n) is 12.8. The number of aryl methyl sites for hydroxylation is 1. The third kappa shape index (κ3) is 3.40. The van der Waals surface area contributed by atoms with Crippen molar-refractivity contribution in [2.24, 2.45) is 0 Å². The molecule has 7 heteroatoms. The van der Waals surface area contributed by atoms with Gasteiger partial charge in [0.2, 0.25) is 5.91 Å². The Bertz CT molecular complexity index is 716.